The van der Waals surface area contributed by atoms with Gasteiger partial charge in [0.05, 0.1) is 26.4 Å². The minimum atomic E-state index is -0.501. The van der Waals surface area contributed by atoms with Crippen molar-refractivity contribution in [3.63, 3.8) is 0 Å². The van der Waals surface area contributed by atoms with Crippen LogP contribution in [0.3, 0.4) is 0 Å². The molecule has 0 radical (unpaired) electrons. The van der Waals surface area contributed by atoms with Crippen LogP contribution in [0.15, 0.2) is 0 Å². The Bertz CT molecular complexity index is 744. The van der Waals surface area contributed by atoms with E-state index in [-0.39, 0.29) is 11.8 Å². The molecule has 0 atom stereocenters. The molecule has 0 aromatic carbocycles. The number of alkyl carbamates (subject to hydrolysis) is 1. The number of amides is 3. The van der Waals surface area contributed by atoms with Crippen molar-refractivity contribution in [2.45, 2.75) is 175 Å². The lowest BCUT2D eigenvalue weighted by Gasteiger charge is -2.47. The number of nitrogens with one attached hydrogen (secondary N) is 2. The Hall–Kier alpha value is -1.87. The van der Waals surface area contributed by atoms with E-state index in [4.69, 9.17) is 19.9 Å². The number of hydrogen-bond donors (Lipinski definition) is 3. The fourth-order valence-electron chi connectivity index (χ4n) is 5.56. The second-order valence-corrected chi connectivity index (χ2v) is 13.7. The van der Waals surface area contributed by atoms with Gasteiger partial charge in [-0.25, -0.2) is 4.79 Å². The standard InChI is InChI=1S/C20H38N2O5.C16H33NO/c1-6-20(7-2)14-16(15-20)22-17(23)8-10-25-12-13-26-11-9-21-18(24)27-19(3,4)5;1-2-3-4-5-6-7-8-9-10-11-12-13-14-15-16(17)18/h16H,6-15H2,1-5H3,(H,21,24)(H,22,23);2-15H2,1H3,(H2,17,18). The van der Waals surface area contributed by atoms with Crippen molar-refractivity contribution in [2.75, 3.05) is 33.0 Å². The van der Waals surface area contributed by atoms with Crippen molar-refractivity contribution in [2.24, 2.45) is 11.1 Å². The molecule has 0 heterocycles. The number of hydrogen-bond acceptors (Lipinski definition) is 6. The second-order valence-electron chi connectivity index (χ2n) is 13.7. The lowest BCUT2D eigenvalue weighted by Crippen LogP contribution is -2.50. The summed E-state index contributed by atoms with van der Waals surface area (Å²) in [6.45, 7) is 14.2. The molecule has 45 heavy (non-hydrogen) atoms. The molecular formula is C36H71N3O6. The Morgan fingerprint density at radius 3 is 1.67 bits per heavy atom. The maximum atomic E-state index is 11.9. The smallest absolute Gasteiger partial charge is 0.407 e. The number of carbonyl (C=O) groups excluding carboxylic acids is 3. The molecule has 1 fully saturated rings. The molecule has 1 rings (SSSR count). The number of rotatable bonds is 26. The molecule has 0 spiro atoms. The van der Waals surface area contributed by atoms with Gasteiger partial charge in [0, 0.05) is 25.4 Å². The molecule has 1 aliphatic carbocycles. The average Bonchev–Trinajstić information content (AvgIpc) is 2.95. The number of unbranched alkanes of at least 4 members (excludes halogenated alkanes) is 12. The zero-order chi connectivity index (χ0) is 33.8. The van der Waals surface area contributed by atoms with Crippen LogP contribution in [0.2, 0.25) is 0 Å². The number of carbonyl (C=O) groups is 3. The van der Waals surface area contributed by atoms with Crippen LogP contribution in [0.25, 0.3) is 0 Å². The maximum absolute atomic E-state index is 11.9. The predicted octanol–water partition coefficient (Wildman–Crippen LogP) is 7.97. The molecule has 4 N–H and O–H groups in total. The Labute approximate surface area is 276 Å². The molecule has 9 heteroatoms. The largest absolute Gasteiger partial charge is 0.444 e. The summed E-state index contributed by atoms with van der Waals surface area (Å²) in [4.78, 5) is 33.8. The first-order chi connectivity index (χ1) is 21.5. The first kappa shape index (κ1) is 43.1. The van der Waals surface area contributed by atoms with E-state index in [1.54, 1.807) is 0 Å². The van der Waals surface area contributed by atoms with Gasteiger partial charge in [-0.15, -0.1) is 0 Å². The summed E-state index contributed by atoms with van der Waals surface area (Å²) in [5.74, 6) is -0.0960. The third-order valence-corrected chi connectivity index (χ3v) is 8.51. The second kappa shape index (κ2) is 27.3. The van der Waals surface area contributed by atoms with Crippen molar-refractivity contribution in [3.05, 3.63) is 0 Å². The van der Waals surface area contributed by atoms with Crippen LogP contribution in [0.4, 0.5) is 4.79 Å². The highest BCUT2D eigenvalue weighted by Gasteiger charge is 2.41. The van der Waals surface area contributed by atoms with E-state index in [0.29, 0.717) is 57.3 Å². The van der Waals surface area contributed by atoms with Gasteiger partial charge in [-0.3, -0.25) is 9.59 Å². The number of primary amides is 1. The van der Waals surface area contributed by atoms with Gasteiger partial charge >= 0.3 is 6.09 Å². The zero-order valence-corrected chi connectivity index (χ0v) is 30.1. The quantitative estimate of drug-likeness (QED) is 0.0822. The molecule has 0 aromatic rings. The number of ether oxygens (including phenoxy) is 3. The van der Waals surface area contributed by atoms with Crippen LogP contribution >= 0.6 is 0 Å². The Morgan fingerprint density at radius 1 is 0.711 bits per heavy atom. The van der Waals surface area contributed by atoms with Crippen LogP contribution in [0, 0.1) is 5.41 Å². The fourth-order valence-corrected chi connectivity index (χ4v) is 5.56. The van der Waals surface area contributed by atoms with E-state index in [2.05, 4.69) is 31.4 Å². The number of nitrogens with two attached hydrogens (primary N) is 1. The Morgan fingerprint density at radius 2 is 1.20 bits per heavy atom. The molecule has 0 saturated heterocycles. The van der Waals surface area contributed by atoms with Gasteiger partial charge in [0.1, 0.15) is 5.60 Å². The van der Waals surface area contributed by atoms with E-state index in [9.17, 15) is 14.4 Å². The molecule has 0 unspecified atom stereocenters. The van der Waals surface area contributed by atoms with E-state index >= 15 is 0 Å². The summed E-state index contributed by atoms with van der Waals surface area (Å²) in [5, 5.41) is 5.70. The van der Waals surface area contributed by atoms with Crippen molar-refractivity contribution in [1.29, 1.82) is 0 Å². The minimum absolute atomic E-state index is 0.0586. The van der Waals surface area contributed by atoms with E-state index < -0.39 is 11.7 Å². The molecule has 0 aromatic heterocycles. The van der Waals surface area contributed by atoms with Crippen molar-refractivity contribution >= 4 is 17.9 Å². The fraction of sp³-hybridized carbons (Fsp3) is 0.917. The Kier molecular flexibility index (Phi) is 26.1. The van der Waals surface area contributed by atoms with Crippen LogP contribution in [0.1, 0.15) is 164 Å². The summed E-state index contributed by atoms with van der Waals surface area (Å²) >= 11 is 0. The predicted molar refractivity (Wildman–Crippen MR) is 184 cm³/mol. The molecule has 1 saturated carbocycles. The van der Waals surface area contributed by atoms with Gasteiger partial charge in [0.25, 0.3) is 0 Å². The summed E-state index contributed by atoms with van der Waals surface area (Å²) in [7, 11) is 0. The normalized spacial score (nSPS) is 14.2. The monoisotopic (exact) mass is 642 g/mol. The molecular weight excluding hydrogens is 570 g/mol. The summed E-state index contributed by atoms with van der Waals surface area (Å²) in [6.07, 6.45) is 22.4. The van der Waals surface area contributed by atoms with Crippen molar-refractivity contribution in [1.82, 2.24) is 10.6 Å². The third kappa shape index (κ3) is 27.0. The lowest BCUT2D eigenvalue weighted by molar-refractivity contribution is -0.124. The highest BCUT2D eigenvalue weighted by molar-refractivity contribution is 5.76. The summed E-state index contributed by atoms with van der Waals surface area (Å²) < 4.78 is 15.9. The van der Waals surface area contributed by atoms with Gasteiger partial charge in [-0.2, -0.15) is 0 Å². The molecule has 9 nitrogen and oxygen atoms in total. The summed E-state index contributed by atoms with van der Waals surface area (Å²) in [6, 6.07) is 0.332. The Balaban J connectivity index is 0.000000937. The topological polar surface area (TPSA) is 129 Å². The van der Waals surface area contributed by atoms with Crippen LogP contribution in [-0.2, 0) is 23.8 Å². The molecule has 3 amide bonds. The third-order valence-electron chi connectivity index (χ3n) is 8.51. The van der Waals surface area contributed by atoms with Crippen LogP contribution < -0.4 is 16.4 Å². The van der Waals surface area contributed by atoms with Gasteiger partial charge in [0.15, 0.2) is 0 Å². The molecule has 0 aliphatic heterocycles. The van der Waals surface area contributed by atoms with Crippen molar-refractivity contribution in [3.8, 4) is 0 Å². The van der Waals surface area contributed by atoms with Crippen LogP contribution in [0.5, 0.6) is 0 Å². The van der Waals surface area contributed by atoms with Crippen molar-refractivity contribution < 1.29 is 28.6 Å². The molecule has 266 valence electrons. The van der Waals surface area contributed by atoms with E-state index in [1.807, 2.05) is 20.8 Å². The highest BCUT2D eigenvalue weighted by Crippen LogP contribution is 2.46. The van der Waals surface area contributed by atoms with E-state index in [0.717, 1.165) is 19.3 Å². The summed E-state index contributed by atoms with van der Waals surface area (Å²) in [5.41, 5.74) is 5.04. The molecule has 0 bridgehead atoms. The minimum Gasteiger partial charge on any atom is -0.444 e. The van der Waals surface area contributed by atoms with Gasteiger partial charge < -0.3 is 30.6 Å². The van der Waals surface area contributed by atoms with Gasteiger partial charge in [-0.1, -0.05) is 111 Å². The van der Waals surface area contributed by atoms with Gasteiger partial charge in [0.2, 0.25) is 11.8 Å². The van der Waals surface area contributed by atoms with Gasteiger partial charge in [-0.05, 0) is 45.4 Å². The average molecular weight is 642 g/mol. The molecule has 1 aliphatic rings. The maximum Gasteiger partial charge on any atom is 0.407 e. The van der Waals surface area contributed by atoms with Crippen LogP contribution in [-0.4, -0.2) is 62.5 Å². The lowest BCUT2D eigenvalue weighted by atomic mass is 9.62. The first-order valence-electron chi connectivity index (χ1n) is 18.2. The van der Waals surface area contributed by atoms with E-state index in [1.165, 1.54) is 89.9 Å². The highest BCUT2D eigenvalue weighted by atomic mass is 16.6. The SMILES string of the molecule is CCC1(CC)CC(NC(=O)CCOCCOCCNC(=O)OC(C)(C)C)C1.CCCCCCCCCCCCCCCC(N)=O. The zero-order valence-electron chi connectivity index (χ0n) is 30.1. The first-order valence-corrected chi connectivity index (χ1v) is 18.2.